The molecule has 150 valence electrons. The van der Waals surface area contributed by atoms with Crippen molar-refractivity contribution in [2.24, 2.45) is 0 Å². The molecule has 0 bridgehead atoms. The summed E-state index contributed by atoms with van der Waals surface area (Å²) in [6, 6.07) is 17.4. The molecule has 0 amide bonds. The Labute approximate surface area is 172 Å². The van der Waals surface area contributed by atoms with Crippen LogP contribution in [0.3, 0.4) is 0 Å². The minimum Gasteiger partial charge on any atom is -0.497 e. The Balaban J connectivity index is 1.65. The molecule has 1 aliphatic rings. The first kappa shape index (κ1) is 19.5. The third-order valence-corrected chi connectivity index (χ3v) is 5.60. The van der Waals surface area contributed by atoms with Crippen molar-refractivity contribution in [3.05, 3.63) is 82.7 Å². The van der Waals surface area contributed by atoms with Crippen LogP contribution in [0.5, 0.6) is 11.5 Å². The molecule has 0 spiro atoms. The molecule has 0 saturated carbocycles. The second-order valence-corrected chi connectivity index (χ2v) is 8.69. The Kier molecular flexibility index (Phi) is 5.08. The van der Waals surface area contributed by atoms with Crippen molar-refractivity contribution in [2.75, 3.05) is 7.11 Å². The van der Waals surface area contributed by atoms with Crippen LogP contribution in [0.4, 0.5) is 4.39 Å². The van der Waals surface area contributed by atoms with Crippen LogP contribution in [0.25, 0.3) is 11.1 Å². The van der Waals surface area contributed by atoms with E-state index in [2.05, 4.69) is 39.0 Å². The predicted molar refractivity (Wildman–Crippen MR) is 115 cm³/mol. The van der Waals surface area contributed by atoms with E-state index < -0.39 is 0 Å². The van der Waals surface area contributed by atoms with Gasteiger partial charge in [-0.15, -0.1) is 0 Å². The Morgan fingerprint density at radius 1 is 0.828 bits per heavy atom. The van der Waals surface area contributed by atoms with Gasteiger partial charge in [0.2, 0.25) is 0 Å². The smallest absolute Gasteiger partial charge is 0.131 e. The summed E-state index contributed by atoms with van der Waals surface area (Å²) in [5, 5.41) is 0. The number of halogens is 1. The van der Waals surface area contributed by atoms with Crippen LogP contribution < -0.4 is 9.47 Å². The first-order valence-corrected chi connectivity index (χ1v) is 10.1. The van der Waals surface area contributed by atoms with Crippen LogP contribution in [-0.4, -0.2) is 7.11 Å². The fraction of sp³-hybridized carbons (Fsp3) is 0.308. The number of ether oxygens (including phenoxy) is 2. The highest BCUT2D eigenvalue weighted by Gasteiger charge is 2.22. The Bertz CT molecular complexity index is 1050. The summed E-state index contributed by atoms with van der Waals surface area (Å²) >= 11 is 0. The molecule has 0 unspecified atom stereocenters. The van der Waals surface area contributed by atoms with E-state index in [1.807, 2.05) is 18.2 Å². The zero-order valence-corrected chi connectivity index (χ0v) is 17.5. The number of aryl methyl sites for hydroxylation is 2. The molecule has 0 N–H and O–H groups in total. The van der Waals surface area contributed by atoms with Crippen LogP contribution >= 0.6 is 0 Å². The van der Waals surface area contributed by atoms with E-state index in [4.69, 9.17) is 9.47 Å². The van der Waals surface area contributed by atoms with Gasteiger partial charge in [0.25, 0.3) is 0 Å². The second kappa shape index (κ2) is 7.55. The molecule has 0 fully saturated rings. The van der Waals surface area contributed by atoms with Crippen LogP contribution in [0.1, 0.15) is 43.0 Å². The van der Waals surface area contributed by atoms with Crippen molar-refractivity contribution in [3.8, 4) is 22.6 Å². The summed E-state index contributed by atoms with van der Waals surface area (Å²) in [5.41, 5.74) is 6.28. The van der Waals surface area contributed by atoms with Crippen molar-refractivity contribution in [3.63, 3.8) is 0 Å². The quantitative estimate of drug-likeness (QED) is 0.497. The molecule has 0 aliphatic heterocycles. The summed E-state index contributed by atoms with van der Waals surface area (Å²) < 4.78 is 26.0. The minimum atomic E-state index is -0.248. The van der Waals surface area contributed by atoms with Gasteiger partial charge in [-0.1, -0.05) is 45.0 Å². The number of rotatable bonds is 5. The molecule has 0 radical (unpaired) electrons. The number of hydrogen-bond acceptors (Lipinski definition) is 2. The van der Waals surface area contributed by atoms with E-state index >= 15 is 0 Å². The van der Waals surface area contributed by atoms with E-state index in [0.29, 0.717) is 17.9 Å². The SMILES string of the molecule is COc1ccc(F)c(-c2ccc(COc3ccc4c(c3)CC4)cc2C(C)(C)C)c1. The maximum Gasteiger partial charge on any atom is 0.131 e. The third kappa shape index (κ3) is 4.00. The number of hydrogen-bond donors (Lipinski definition) is 0. The molecule has 3 aromatic rings. The van der Waals surface area contributed by atoms with E-state index in [1.54, 1.807) is 19.2 Å². The monoisotopic (exact) mass is 390 g/mol. The lowest BCUT2D eigenvalue weighted by Gasteiger charge is -2.25. The maximum atomic E-state index is 14.6. The highest BCUT2D eigenvalue weighted by Crippen LogP contribution is 2.37. The molecule has 29 heavy (non-hydrogen) atoms. The van der Waals surface area contributed by atoms with Crippen LogP contribution in [0, 0.1) is 5.82 Å². The lowest BCUT2D eigenvalue weighted by Crippen LogP contribution is -2.14. The van der Waals surface area contributed by atoms with Gasteiger partial charge >= 0.3 is 0 Å². The Morgan fingerprint density at radius 2 is 1.59 bits per heavy atom. The second-order valence-electron chi connectivity index (χ2n) is 8.69. The molecule has 3 aromatic carbocycles. The topological polar surface area (TPSA) is 18.5 Å². The molecule has 0 aromatic heterocycles. The Morgan fingerprint density at radius 3 is 2.24 bits per heavy atom. The van der Waals surface area contributed by atoms with Gasteiger partial charge in [-0.3, -0.25) is 0 Å². The highest BCUT2D eigenvalue weighted by molar-refractivity contribution is 5.71. The van der Waals surface area contributed by atoms with Gasteiger partial charge in [-0.05, 0) is 76.4 Å². The summed E-state index contributed by atoms with van der Waals surface area (Å²) in [6.45, 7) is 6.92. The van der Waals surface area contributed by atoms with Crippen molar-refractivity contribution >= 4 is 0 Å². The summed E-state index contributed by atoms with van der Waals surface area (Å²) in [7, 11) is 1.60. The van der Waals surface area contributed by atoms with E-state index in [1.165, 1.54) is 23.6 Å². The first-order chi connectivity index (χ1) is 13.8. The van der Waals surface area contributed by atoms with Gasteiger partial charge in [0.15, 0.2) is 0 Å². The number of fused-ring (bicyclic) bond motifs is 1. The summed E-state index contributed by atoms with van der Waals surface area (Å²) in [5.74, 6) is 1.31. The van der Waals surface area contributed by atoms with Crippen LogP contribution in [-0.2, 0) is 24.9 Å². The van der Waals surface area contributed by atoms with Gasteiger partial charge in [-0.25, -0.2) is 4.39 Å². The zero-order chi connectivity index (χ0) is 20.6. The average molecular weight is 390 g/mol. The minimum absolute atomic E-state index is 0.142. The van der Waals surface area contributed by atoms with E-state index in [-0.39, 0.29) is 11.2 Å². The van der Waals surface area contributed by atoms with Crippen LogP contribution in [0.15, 0.2) is 54.6 Å². The van der Waals surface area contributed by atoms with Crippen molar-refractivity contribution in [2.45, 2.75) is 45.6 Å². The predicted octanol–water partition coefficient (Wildman–Crippen LogP) is 6.48. The summed E-state index contributed by atoms with van der Waals surface area (Å²) in [4.78, 5) is 0. The van der Waals surface area contributed by atoms with Gasteiger partial charge < -0.3 is 9.47 Å². The third-order valence-electron chi connectivity index (χ3n) is 5.60. The van der Waals surface area contributed by atoms with Crippen LogP contribution in [0.2, 0.25) is 0 Å². The van der Waals surface area contributed by atoms with Gasteiger partial charge in [0.1, 0.15) is 23.9 Å². The largest absolute Gasteiger partial charge is 0.497 e. The van der Waals surface area contributed by atoms with Crippen molar-refractivity contribution in [1.29, 1.82) is 0 Å². The van der Waals surface area contributed by atoms with Crippen molar-refractivity contribution < 1.29 is 13.9 Å². The van der Waals surface area contributed by atoms with Gasteiger partial charge in [0.05, 0.1) is 7.11 Å². The zero-order valence-electron chi connectivity index (χ0n) is 17.5. The fourth-order valence-corrected chi connectivity index (χ4v) is 3.80. The van der Waals surface area contributed by atoms with E-state index in [0.717, 1.165) is 28.9 Å². The van der Waals surface area contributed by atoms with Gasteiger partial charge in [0, 0.05) is 5.56 Å². The Hall–Kier alpha value is -2.81. The summed E-state index contributed by atoms with van der Waals surface area (Å²) in [6.07, 6.45) is 2.31. The first-order valence-electron chi connectivity index (χ1n) is 10.1. The lowest BCUT2D eigenvalue weighted by molar-refractivity contribution is 0.305. The molecule has 0 heterocycles. The normalized spacial score (nSPS) is 12.9. The standard InChI is InChI=1S/C26H27FO2/c1-26(2,3)24-13-17(16-29-21-9-8-18-6-7-19(18)14-21)5-11-22(24)23-15-20(28-4)10-12-25(23)27/h5,8-15H,6-7,16H2,1-4H3. The molecule has 2 nitrogen and oxygen atoms in total. The number of benzene rings is 3. The molecular formula is C26H27FO2. The molecular weight excluding hydrogens is 363 g/mol. The molecule has 0 atom stereocenters. The van der Waals surface area contributed by atoms with Crippen molar-refractivity contribution in [1.82, 2.24) is 0 Å². The fourth-order valence-electron chi connectivity index (χ4n) is 3.80. The van der Waals surface area contributed by atoms with Gasteiger partial charge in [-0.2, -0.15) is 0 Å². The lowest BCUT2D eigenvalue weighted by atomic mass is 9.81. The number of methoxy groups -OCH3 is 1. The molecule has 0 saturated heterocycles. The highest BCUT2D eigenvalue weighted by atomic mass is 19.1. The maximum absolute atomic E-state index is 14.6. The molecule has 4 rings (SSSR count). The molecule has 1 aliphatic carbocycles. The average Bonchev–Trinajstić information content (AvgIpc) is 2.67. The van der Waals surface area contributed by atoms with E-state index in [9.17, 15) is 4.39 Å². The molecule has 3 heteroatoms.